The first kappa shape index (κ1) is 18.9. The molecule has 1 saturated heterocycles. The highest BCUT2D eigenvalue weighted by atomic mass is 32.2. The van der Waals surface area contributed by atoms with Crippen molar-refractivity contribution in [1.82, 2.24) is 4.90 Å². The zero-order valence-corrected chi connectivity index (χ0v) is 16.4. The predicted molar refractivity (Wildman–Crippen MR) is 109 cm³/mol. The van der Waals surface area contributed by atoms with E-state index < -0.39 is 5.97 Å². The molecule has 2 aliphatic heterocycles. The van der Waals surface area contributed by atoms with Crippen molar-refractivity contribution in [2.24, 2.45) is 0 Å². The fourth-order valence-corrected chi connectivity index (χ4v) is 4.67. The molecule has 1 amide bonds. The van der Waals surface area contributed by atoms with Gasteiger partial charge in [0.15, 0.2) is 0 Å². The van der Waals surface area contributed by atoms with Gasteiger partial charge in [0.2, 0.25) is 0 Å². The number of anilines is 1. The Hall–Kier alpha value is -1.86. The van der Waals surface area contributed by atoms with Gasteiger partial charge in [-0.3, -0.25) is 14.5 Å². The second-order valence-electron chi connectivity index (χ2n) is 6.42. The van der Waals surface area contributed by atoms with Crippen LogP contribution >= 0.6 is 24.0 Å². The van der Waals surface area contributed by atoms with Gasteiger partial charge in [0, 0.05) is 36.5 Å². The second kappa shape index (κ2) is 8.22. The number of thiocarbonyl (C=S) groups is 1. The fraction of sp³-hybridized carbons (Fsp3) is 0.421. The van der Waals surface area contributed by atoms with E-state index in [9.17, 15) is 9.59 Å². The SMILES string of the molecule is CCCCCN1C/C(=C2/SC(=S)N(CCC(=O)O)C2=O)c2ccccc21. The summed E-state index contributed by atoms with van der Waals surface area (Å²) in [5.41, 5.74) is 3.25. The van der Waals surface area contributed by atoms with Crippen molar-refractivity contribution in [3.63, 3.8) is 0 Å². The molecule has 0 radical (unpaired) electrons. The van der Waals surface area contributed by atoms with Crippen LogP contribution in [0, 0.1) is 0 Å². The number of benzene rings is 1. The quantitative estimate of drug-likeness (QED) is 0.435. The third kappa shape index (κ3) is 3.78. The summed E-state index contributed by atoms with van der Waals surface area (Å²) in [7, 11) is 0. The zero-order valence-electron chi connectivity index (χ0n) is 14.7. The third-order valence-electron chi connectivity index (χ3n) is 4.62. The molecule has 7 heteroatoms. The van der Waals surface area contributed by atoms with Gasteiger partial charge in [0.05, 0.1) is 11.3 Å². The summed E-state index contributed by atoms with van der Waals surface area (Å²) in [6.45, 7) is 3.98. The largest absolute Gasteiger partial charge is 0.481 e. The van der Waals surface area contributed by atoms with Crippen molar-refractivity contribution >= 4 is 51.4 Å². The standard InChI is InChI=1S/C19H22N2O3S2/c1-2-3-6-10-20-12-14(13-7-4-5-8-15(13)20)17-18(24)21(19(25)26-17)11-9-16(22)23/h4-5,7-8H,2-3,6,9-12H2,1H3,(H,22,23)/b17-14-. The first-order chi connectivity index (χ1) is 12.5. The first-order valence-electron chi connectivity index (χ1n) is 8.86. The number of carbonyl (C=O) groups excluding carboxylic acids is 1. The first-order valence-corrected chi connectivity index (χ1v) is 10.1. The number of amides is 1. The molecule has 2 aliphatic rings. The van der Waals surface area contributed by atoms with Crippen molar-refractivity contribution in [2.75, 3.05) is 24.5 Å². The van der Waals surface area contributed by atoms with E-state index in [2.05, 4.69) is 17.9 Å². The van der Waals surface area contributed by atoms with Crippen LogP contribution in [-0.4, -0.2) is 45.8 Å². The molecule has 5 nitrogen and oxygen atoms in total. The van der Waals surface area contributed by atoms with E-state index in [1.807, 2.05) is 18.2 Å². The summed E-state index contributed by atoms with van der Waals surface area (Å²) in [5, 5.41) is 8.88. The number of hydrogen-bond donors (Lipinski definition) is 1. The van der Waals surface area contributed by atoms with Gasteiger partial charge in [-0.25, -0.2) is 0 Å². The number of aliphatic carboxylic acids is 1. The minimum Gasteiger partial charge on any atom is -0.481 e. The fourth-order valence-electron chi connectivity index (χ4n) is 3.29. The van der Waals surface area contributed by atoms with E-state index in [-0.39, 0.29) is 18.9 Å². The number of carbonyl (C=O) groups is 2. The molecule has 3 rings (SSSR count). The average molecular weight is 391 g/mol. The summed E-state index contributed by atoms with van der Waals surface area (Å²) in [4.78, 5) is 28.1. The van der Waals surface area contributed by atoms with Crippen LogP contribution in [0.1, 0.15) is 38.2 Å². The maximum absolute atomic E-state index is 12.8. The number of nitrogens with zero attached hydrogens (tertiary/aromatic N) is 2. The molecule has 2 heterocycles. The van der Waals surface area contributed by atoms with E-state index in [1.165, 1.54) is 29.5 Å². The molecule has 1 aromatic rings. The van der Waals surface area contributed by atoms with Crippen LogP contribution in [0.2, 0.25) is 0 Å². The molecule has 0 spiro atoms. The summed E-state index contributed by atoms with van der Waals surface area (Å²) < 4.78 is 0.445. The number of unbranched alkanes of at least 4 members (excludes halogenated alkanes) is 2. The Balaban J connectivity index is 1.87. The molecule has 1 fully saturated rings. The lowest BCUT2D eigenvalue weighted by molar-refractivity contribution is -0.137. The third-order valence-corrected chi connectivity index (χ3v) is 6.11. The van der Waals surface area contributed by atoms with Crippen molar-refractivity contribution in [1.29, 1.82) is 0 Å². The molecule has 0 atom stereocenters. The molecule has 138 valence electrons. The van der Waals surface area contributed by atoms with Crippen LogP contribution in [0.5, 0.6) is 0 Å². The van der Waals surface area contributed by atoms with Gasteiger partial charge in [-0.05, 0) is 12.5 Å². The molecule has 0 aromatic heterocycles. The number of rotatable bonds is 7. The molecule has 1 N–H and O–H groups in total. The highest BCUT2D eigenvalue weighted by Gasteiger charge is 2.37. The maximum Gasteiger partial charge on any atom is 0.305 e. The van der Waals surface area contributed by atoms with Gasteiger partial charge in [0.1, 0.15) is 4.32 Å². The number of carboxylic acid groups (broad SMARTS) is 1. The molecule has 0 bridgehead atoms. The molecular weight excluding hydrogens is 368 g/mol. The number of thioether (sulfide) groups is 1. The van der Waals surface area contributed by atoms with Gasteiger partial charge in [-0.1, -0.05) is 61.9 Å². The topological polar surface area (TPSA) is 60.9 Å². The number of fused-ring (bicyclic) bond motifs is 1. The summed E-state index contributed by atoms with van der Waals surface area (Å²) in [6.07, 6.45) is 3.38. The molecule has 0 saturated carbocycles. The maximum atomic E-state index is 12.8. The van der Waals surface area contributed by atoms with Crippen LogP contribution < -0.4 is 4.90 Å². The number of para-hydroxylation sites is 1. The van der Waals surface area contributed by atoms with E-state index in [1.54, 1.807) is 0 Å². The van der Waals surface area contributed by atoms with Crippen LogP contribution in [0.3, 0.4) is 0 Å². The monoisotopic (exact) mass is 390 g/mol. The van der Waals surface area contributed by atoms with Crippen molar-refractivity contribution in [3.05, 3.63) is 34.7 Å². The Labute approximate surface area is 163 Å². The van der Waals surface area contributed by atoms with E-state index in [0.29, 0.717) is 15.8 Å². The van der Waals surface area contributed by atoms with Gasteiger partial charge in [-0.15, -0.1) is 0 Å². The molecule has 1 aromatic carbocycles. The molecule has 0 unspecified atom stereocenters. The van der Waals surface area contributed by atoms with Crippen molar-refractivity contribution in [2.45, 2.75) is 32.6 Å². The summed E-state index contributed by atoms with van der Waals surface area (Å²) in [6, 6.07) is 8.15. The highest BCUT2D eigenvalue weighted by Crippen LogP contribution is 2.43. The number of hydrogen-bond acceptors (Lipinski definition) is 5. The number of carboxylic acids is 1. The van der Waals surface area contributed by atoms with Crippen LogP contribution in [0.4, 0.5) is 5.69 Å². The van der Waals surface area contributed by atoms with E-state index >= 15 is 0 Å². The van der Waals surface area contributed by atoms with Crippen LogP contribution in [0.25, 0.3) is 5.57 Å². The summed E-state index contributed by atoms with van der Waals surface area (Å²) in [5.74, 6) is -1.10. The Morgan fingerprint density at radius 2 is 2.04 bits per heavy atom. The van der Waals surface area contributed by atoms with Gasteiger partial charge in [0.25, 0.3) is 5.91 Å². The lowest BCUT2D eigenvalue weighted by Gasteiger charge is -2.18. The molecule has 0 aliphatic carbocycles. The van der Waals surface area contributed by atoms with Gasteiger partial charge < -0.3 is 10.0 Å². The van der Waals surface area contributed by atoms with Crippen LogP contribution in [-0.2, 0) is 9.59 Å². The van der Waals surface area contributed by atoms with E-state index in [0.717, 1.165) is 29.8 Å². The van der Waals surface area contributed by atoms with Crippen LogP contribution in [0.15, 0.2) is 29.2 Å². The molecule has 26 heavy (non-hydrogen) atoms. The predicted octanol–water partition coefficient (Wildman–Crippen LogP) is 3.74. The Morgan fingerprint density at radius 1 is 1.27 bits per heavy atom. The minimum atomic E-state index is -0.931. The Bertz CT molecular complexity index is 776. The van der Waals surface area contributed by atoms with Crippen molar-refractivity contribution < 1.29 is 14.7 Å². The Morgan fingerprint density at radius 3 is 2.77 bits per heavy atom. The van der Waals surface area contributed by atoms with Gasteiger partial charge in [-0.2, -0.15) is 0 Å². The van der Waals surface area contributed by atoms with Gasteiger partial charge >= 0.3 is 5.97 Å². The highest BCUT2D eigenvalue weighted by molar-refractivity contribution is 8.26. The lowest BCUT2D eigenvalue weighted by Crippen LogP contribution is -2.30. The molecular formula is C19H22N2O3S2. The Kier molecular flexibility index (Phi) is 5.98. The smallest absolute Gasteiger partial charge is 0.305 e. The van der Waals surface area contributed by atoms with Crippen molar-refractivity contribution in [3.8, 4) is 0 Å². The zero-order chi connectivity index (χ0) is 18.7. The minimum absolute atomic E-state index is 0.102. The van der Waals surface area contributed by atoms with E-state index in [4.69, 9.17) is 17.3 Å². The summed E-state index contributed by atoms with van der Waals surface area (Å²) >= 11 is 6.62. The lowest BCUT2D eigenvalue weighted by atomic mass is 10.1. The normalized spacial score (nSPS) is 19.4. The second-order valence-corrected chi connectivity index (χ2v) is 8.07. The average Bonchev–Trinajstić information content (AvgIpc) is 3.11.